The van der Waals surface area contributed by atoms with E-state index in [1.807, 2.05) is 13.1 Å². The number of nitrogens with zero attached hydrogens (tertiary/aromatic N) is 1. The highest BCUT2D eigenvalue weighted by Gasteiger charge is 1.94. The van der Waals surface area contributed by atoms with Crippen molar-refractivity contribution in [1.82, 2.24) is 15.3 Å². The number of aromatic amines is 1. The van der Waals surface area contributed by atoms with E-state index in [9.17, 15) is 0 Å². The number of hydrogen-bond acceptors (Lipinski definition) is 2. The summed E-state index contributed by atoms with van der Waals surface area (Å²) in [4.78, 5) is 7.28. The fourth-order valence-electron chi connectivity index (χ4n) is 1.50. The van der Waals surface area contributed by atoms with E-state index in [-0.39, 0.29) is 0 Å². The number of benzene rings is 1. The maximum absolute atomic E-state index is 4.18. The van der Waals surface area contributed by atoms with Crippen molar-refractivity contribution in [3.63, 3.8) is 0 Å². The molecule has 0 unspecified atom stereocenters. The molecule has 0 bridgehead atoms. The van der Waals surface area contributed by atoms with Crippen LogP contribution in [0.3, 0.4) is 0 Å². The fraction of sp³-hybridized carbons (Fsp3) is 0.250. The maximum atomic E-state index is 4.18. The summed E-state index contributed by atoms with van der Waals surface area (Å²) in [6.07, 6.45) is 7.09. The van der Waals surface area contributed by atoms with Gasteiger partial charge in [0.15, 0.2) is 0 Å². The minimum Gasteiger partial charge on any atom is -0.345 e. The van der Waals surface area contributed by atoms with E-state index in [4.69, 9.17) is 0 Å². The molecule has 0 saturated carbocycles. The van der Waals surface area contributed by atoms with Crippen molar-refractivity contribution in [2.75, 3.05) is 13.6 Å². The third-order valence-corrected chi connectivity index (χ3v) is 2.32. The monoisotopic (exact) mass is 201 g/mol. The first-order valence-electron chi connectivity index (χ1n) is 5.14. The van der Waals surface area contributed by atoms with Crippen LogP contribution in [0.25, 0.3) is 17.1 Å². The predicted molar refractivity (Wildman–Crippen MR) is 63.7 cm³/mol. The van der Waals surface area contributed by atoms with Crippen molar-refractivity contribution in [3.8, 4) is 0 Å². The summed E-state index contributed by atoms with van der Waals surface area (Å²) in [5.41, 5.74) is 3.32. The Hall–Kier alpha value is -1.61. The molecular formula is C12H15N3. The number of nitrogens with one attached hydrogen (secondary N) is 2. The van der Waals surface area contributed by atoms with Crippen LogP contribution < -0.4 is 5.32 Å². The number of rotatable bonds is 4. The summed E-state index contributed by atoms with van der Waals surface area (Å²) < 4.78 is 0. The van der Waals surface area contributed by atoms with Crippen molar-refractivity contribution in [2.45, 2.75) is 6.42 Å². The SMILES string of the molecule is CNCCC=Cc1ccc2nc[nH]c2c1. The third-order valence-electron chi connectivity index (χ3n) is 2.32. The van der Waals surface area contributed by atoms with Gasteiger partial charge in [-0.3, -0.25) is 0 Å². The van der Waals surface area contributed by atoms with Gasteiger partial charge in [-0.05, 0) is 37.7 Å². The van der Waals surface area contributed by atoms with Gasteiger partial charge >= 0.3 is 0 Å². The van der Waals surface area contributed by atoms with Crippen molar-refractivity contribution in [1.29, 1.82) is 0 Å². The second kappa shape index (κ2) is 4.75. The van der Waals surface area contributed by atoms with Crippen LogP contribution in [0.1, 0.15) is 12.0 Å². The zero-order valence-corrected chi connectivity index (χ0v) is 8.83. The molecular weight excluding hydrogens is 186 g/mol. The van der Waals surface area contributed by atoms with Crippen LogP contribution in [0.15, 0.2) is 30.6 Å². The summed E-state index contributed by atoms with van der Waals surface area (Å²) in [7, 11) is 1.96. The summed E-state index contributed by atoms with van der Waals surface area (Å²) in [6.45, 7) is 1.02. The van der Waals surface area contributed by atoms with Gasteiger partial charge < -0.3 is 10.3 Å². The first kappa shape index (κ1) is 9.93. The van der Waals surface area contributed by atoms with Crippen molar-refractivity contribution in [2.24, 2.45) is 0 Å². The fourth-order valence-corrected chi connectivity index (χ4v) is 1.50. The molecule has 0 radical (unpaired) electrons. The molecule has 1 aromatic carbocycles. The van der Waals surface area contributed by atoms with Gasteiger partial charge in [-0.2, -0.15) is 0 Å². The van der Waals surface area contributed by atoms with E-state index in [1.54, 1.807) is 6.33 Å². The summed E-state index contributed by atoms with van der Waals surface area (Å²) in [5, 5.41) is 3.11. The summed E-state index contributed by atoms with van der Waals surface area (Å²) >= 11 is 0. The molecule has 0 fully saturated rings. The molecule has 0 aliphatic heterocycles. The number of imidazole rings is 1. The number of hydrogen-bond donors (Lipinski definition) is 2. The first-order valence-corrected chi connectivity index (χ1v) is 5.14. The molecule has 3 heteroatoms. The van der Waals surface area contributed by atoms with Crippen LogP contribution in [-0.2, 0) is 0 Å². The van der Waals surface area contributed by atoms with E-state index >= 15 is 0 Å². The highest BCUT2D eigenvalue weighted by Crippen LogP contribution is 2.12. The van der Waals surface area contributed by atoms with E-state index in [0.29, 0.717) is 0 Å². The molecule has 0 spiro atoms. The first-order chi connectivity index (χ1) is 7.40. The molecule has 0 saturated heterocycles. The molecule has 15 heavy (non-hydrogen) atoms. The molecule has 2 N–H and O–H groups in total. The Morgan fingerprint density at radius 2 is 2.40 bits per heavy atom. The Kier molecular flexibility index (Phi) is 3.15. The molecule has 0 aliphatic rings. The molecule has 0 aliphatic carbocycles. The highest BCUT2D eigenvalue weighted by atomic mass is 14.9. The van der Waals surface area contributed by atoms with Crippen LogP contribution in [0.5, 0.6) is 0 Å². The lowest BCUT2D eigenvalue weighted by atomic mass is 10.2. The second-order valence-corrected chi connectivity index (χ2v) is 3.47. The molecule has 0 atom stereocenters. The van der Waals surface area contributed by atoms with Crippen LogP contribution in [0.4, 0.5) is 0 Å². The van der Waals surface area contributed by atoms with Gasteiger partial charge in [-0.25, -0.2) is 4.98 Å². The van der Waals surface area contributed by atoms with Crippen molar-refractivity contribution < 1.29 is 0 Å². The van der Waals surface area contributed by atoms with Crippen LogP contribution >= 0.6 is 0 Å². The molecule has 1 aromatic heterocycles. The standard InChI is InChI=1S/C12H15N3/c1-13-7-3-2-4-10-5-6-11-12(8-10)15-9-14-11/h2,4-6,8-9,13H,3,7H2,1H3,(H,14,15). The maximum Gasteiger partial charge on any atom is 0.0931 e. The van der Waals surface area contributed by atoms with E-state index in [1.165, 1.54) is 5.56 Å². The van der Waals surface area contributed by atoms with Crippen molar-refractivity contribution in [3.05, 3.63) is 36.2 Å². The Morgan fingerprint density at radius 3 is 3.27 bits per heavy atom. The van der Waals surface area contributed by atoms with Crippen LogP contribution in [0, 0.1) is 0 Å². The Labute approximate surface area is 89.2 Å². The van der Waals surface area contributed by atoms with E-state index in [2.05, 4.69) is 39.6 Å². The average Bonchev–Trinajstić information content (AvgIpc) is 2.71. The molecule has 2 rings (SSSR count). The minimum absolute atomic E-state index is 1.02. The lowest BCUT2D eigenvalue weighted by Crippen LogP contribution is -2.05. The number of H-pyrrole nitrogens is 1. The molecule has 3 nitrogen and oxygen atoms in total. The molecule has 0 amide bonds. The van der Waals surface area contributed by atoms with E-state index < -0.39 is 0 Å². The van der Waals surface area contributed by atoms with Gasteiger partial charge in [0, 0.05) is 0 Å². The lowest BCUT2D eigenvalue weighted by molar-refractivity contribution is 0.809. The largest absolute Gasteiger partial charge is 0.345 e. The minimum atomic E-state index is 1.02. The van der Waals surface area contributed by atoms with Gasteiger partial charge in [0.2, 0.25) is 0 Å². The number of fused-ring (bicyclic) bond motifs is 1. The molecule has 78 valence electrons. The van der Waals surface area contributed by atoms with Gasteiger partial charge in [0.05, 0.1) is 17.4 Å². The smallest absolute Gasteiger partial charge is 0.0931 e. The normalized spacial score (nSPS) is 11.5. The Bertz CT molecular complexity index is 457. The zero-order chi connectivity index (χ0) is 10.5. The van der Waals surface area contributed by atoms with Crippen molar-refractivity contribution >= 4 is 17.1 Å². The van der Waals surface area contributed by atoms with Crippen LogP contribution in [0.2, 0.25) is 0 Å². The zero-order valence-electron chi connectivity index (χ0n) is 8.83. The predicted octanol–water partition coefficient (Wildman–Crippen LogP) is 2.19. The topological polar surface area (TPSA) is 40.7 Å². The van der Waals surface area contributed by atoms with Gasteiger partial charge in [0.25, 0.3) is 0 Å². The molecule has 1 heterocycles. The Balaban J connectivity index is 2.10. The highest BCUT2D eigenvalue weighted by molar-refractivity contribution is 5.77. The molecule has 2 aromatic rings. The van der Waals surface area contributed by atoms with Gasteiger partial charge in [0.1, 0.15) is 0 Å². The lowest BCUT2D eigenvalue weighted by Gasteiger charge is -1.94. The average molecular weight is 201 g/mol. The summed E-state index contributed by atoms with van der Waals surface area (Å²) in [6, 6.07) is 6.22. The summed E-state index contributed by atoms with van der Waals surface area (Å²) in [5.74, 6) is 0. The number of aromatic nitrogens is 2. The van der Waals surface area contributed by atoms with E-state index in [0.717, 1.165) is 24.0 Å². The van der Waals surface area contributed by atoms with Crippen LogP contribution in [-0.4, -0.2) is 23.6 Å². The second-order valence-electron chi connectivity index (χ2n) is 3.47. The van der Waals surface area contributed by atoms with Gasteiger partial charge in [-0.1, -0.05) is 18.2 Å². The van der Waals surface area contributed by atoms with Gasteiger partial charge in [-0.15, -0.1) is 0 Å². The third kappa shape index (κ3) is 2.44. The quantitative estimate of drug-likeness (QED) is 0.744. The Morgan fingerprint density at radius 1 is 1.47 bits per heavy atom.